The van der Waals surface area contributed by atoms with E-state index in [1.165, 1.54) is 11.3 Å². The summed E-state index contributed by atoms with van der Waals surface area (Å²) in [5, 5.41) is 12.1. The van der Waals surface area contributed by atoms with Crippen molar-refractivity contribution in [2.75, 3.05) is 6.54 Å². The van der Waals surface area contributed by atoms with Gasteiger partial charge in [-0.3, -0.25) is 9.59 Å². The molecule has 0 spiro atoms. The van der Waals surface area contributed by atoms with Crippen molar-refractivity contribution in [3.05, 3.63) is 40.4 Å². The van der Waals surface area contributed by atoms with Crippen molar-refractivity contribution in [3.63, 3.8) is 0 Å². The number of carbonyl (C=O) groups is 2. The van der Waals surface area contributed by atoms with E-state index in [2.05, 4.69) is 4.98 Å². The normalized spacial score (nSPS) is 15.1. The van der Waals surface area contributed by atoms with Gasteiger partial charge in [0.15, 0.2) is 0 Å². The molecule has 3 rings (SSSR count). The molecule has 7 heteroatoms. The highest BCUT2D eigenvalue weighted by molar-refractivity contribution is 7.13. The molecule has 1 amide bonds. The van der Waals surface area contributed by atoms with Gasteiger partial charge < -0.3 is 10.0 Å². The van der Waals surface area contributed by atoms with Gasteiger partial charge in [0.2, 0.25) is 0 Å². The van der Waals surface area contributed by atoms with Gasteiger partial charge in [-0.05, 0) is 18.9 Å². The Morgan fingerprint density at radius 1 is 1.42 bits per heavy atom. The third-order valence-electron chi connectivity index (χ3n) is 3.97. The van der Waals surface area contributed by atoms with E-state index in [0.717, 1.165) is 18.4 Å². The lowest BCUT2D eigenvalue weighted by Gasteiger charge is -2.23. The Morgan fingerprint density at radius 2 is 2.12 bits per heavy atom. The summed E-state index contributed by atoms with van der Waals surface area (Å²) in [5.41, 5.74) is 1.14. The van der Waals surface area contributed by atoms with Crippen LogP contribution in [0.2, 0.25) is 5.02 Å². The first kappa shape index (κ1) is 16.9. The zero-order chi connectivity index (χ0) is 17.3. The molecule has 1 fully saturated rings. The molecule has 1 unspecified atom stereocenters. The molecule has 0 aliphatic heterocycles. The summed E-state index contributed by atoms with van der Waals surface area (Å²) in [7, 11) is 0. The number of benzene rings is 1. The first-order valence-electron chi connectivity index (χ1n) is 7.71. The Labute approximate surface area is 148 Å². The number of carbonyl (C=O) groups excluding carboxylic acids is 1. The second kappa shape index (κ2) is 6.91. The first-order chi connectivity index (χ1) is 11.5. The summed E-state index contributed by atoms with van der Waals surface area (Å²) in [6, 6.07) is 7.48. The summed E-state index contributed by atoms with van der Waals surface area (Å²) in [4.78, 5) is 29.9. The molecule has 1 aromatic carbocycles. The van der Waals surface area contributed by atoms with Crippen LogP contribution in [-0.2, 0) is 4.79 Å². The van der Waals surface area contributed by atoms with Crippen molar-refractivity contribution >= 4 is 34.8 Å². The molecule has 0 radical (unpaired) electrons. The average Bonchev–Trinajstić information content (AvgIpc) is 3.28. The number of aromatic nitrogens is 1. The van der Waals surface area contributed by atoms with E-state index >= 15 is 0 Å². The minimum Gasteiger partial charge on any atom is -0.481 e. The third-order valence-corrected chi connectivity index (χ3v) is 5.17. The molecule has 2 aromatic rings. The molecular weight excluding hydrogens is 348 g/mol. The number of rotatable bonds is 6. The van der Waals surface area contributed by atoms with E-state index in [-0.39, 0.29) is 18.5 Å². The van der Waals surface area contributed by atoms with Crippen LogP contribution >= 0.6 is 22.9 Å². The maximum absolute atomic E-state index is 12.8. The van der Waals surface area contributed by atoms with Crippen molar-refractivity contribution in [2.45, 2.75) is 25.8 Å². The number of hydrogen-bond donors (Lipinski definition) is 1. The van der Waals surface area contributed by atoms with E-state index in [1.807, 2.05) is 18.2 Å². The number of nitrogens with zero attached hydrogens (tertiary/aromatic N) is 2. The third kappa shape index (κ3) is 3.60. The Kier molecular flexibility index (Phi) is 4.87. The monoisotopic (exact) mass is 364 g/mol. The molecule has 1 saturated carbocycles. The number of thiazole rings is 1. The molecule has 1 aliphatic carbocycles. The molecule has 1 N–H and O–H groups in total. The summed E-state index contributed by atoms with van der Waals surface area (Å²) in [6.45, 7) is 1.82. The number of amides is 1. The number of carboxylic acid groups (broad SMARTS) is 1. The van der Waals surface area contributed by atoms with Crippen LogP contribution in [0.15, 0.2) is 29.6 Å². The lowest BCUT2D eigenvalue weighted by atomic mass is 10.1. The average molecular weight is 365 g/mol. The molecule has 1 atom stereocenters. The maximum Gasteiger partial charge on any atom is 0.308 e. The predicted octanol–water partition coefficient (Wildman–Crippen LogP) is 3.79. The molecule has 1 aromatic heterocycles. The molecule has 24 heavy (non-hydrogen) atoms. The fraction of sp³-hybridized carbons (Fsp3) is 0.353. The molecular formula is C17H17ClN2O3S. The highest BCUT2D eigenvalue weighted by Crippen LogP contribution is 2.32. The smallest absolute Gasteiger partial charge is 0.308 e. The molecule has 0 bridgehead atoms. The summed E-state index contributed by atoms with van der Waals surface area (Å²) >= 11 is 7.54. The number of hydrogen-bond acceptors (Lipinski definition) is 4. The Hall–Kier alpha value is -1.92. The van der Waals surface area contributed by atoms with Gasteiger partial charge in [-0.15, -0.1) is 11.3 Å². The lowest BCUT2D eigenvalue weighted by molar-refractivity contribution is -0.141. The van der Waals surface area contributed by atoms with Gasteiger partial charge in [0.25, 0.3) is 5.91 Å². The predicted molar refractivity (Wildman–Crippen MR) is 93.4 cm³/mol. The van der Waals surface area contributed by atoms with Gasteiger partial charge in [0.1, 0.15) is 10.7 Å². The SMILES string of the molecule is CC(CN(C(=O)c1csc(-c2ccccc2Cl)n1)C1CC1)C(=O)O. The van der Waals surface area contributed by atoms with E-state index in [0.29, 0.717) is 15.7 Å². The Balaban J connectivity index is 1.81. The van der Waals surface area contributed by atoms with Gasteiger partial charge >= 0.3 is 5.97 Å². The summed E-state index contributed by atoms with van der Waals surface area (Å²) < 4.78 is 0. The van der Waals surface area contributed by atoms with Crippen molar-refractivity contribution < 1.29 is 14.7 Å². The number of halogens is 1. The fourth-order valence-corrected chi connectivity index (χ4v) is 3.55. The van der Waals surface area contributed by atoms with E-state index in [9.17, 15) is 9.59 Å². The van der Waals surface area contributed by atoms with Crippen molar-refractivity contribution in [2.24, 2.45) is 5.92 Å². The van der Waals surface area contributed by atoms with Crippen LogP contribution in [-0.4, -0.2) is 39.5 Å². The second-order valence-electron chi connectivity index (χ2n) is 5.95. The van der Waals surface area contributed by atoms with E-state index in [4.69, 9.17) is 16.7 Å². The van der Waals surface area contributed by atoms with Crippen molar-refractivity contribution in [3.8, 4) is 10.6 Å². The topological polar surface area (TPSA) is 70.5 Å². The second-order valence-corrected chi connectivity index (χ2v) is 7.21. The summed E-state index contributed by atoms with van der Waals surface area (Å²) in [5.74, 6) is -1.71. The van der Waals surface area contributed by atoms with Crippen LogP contribution in [0.1, 0.15) is 30.3 Å². The van der Waals surface area contributed by atoms with Crippen LogP contribution in [0.25, 0.3) is 10.6 Å². The largest absolute Gasteiger partial charge is 0.481 e. The highest BCUT2D eigenvalue weighted by Gasteiger charge is 2.35. The van der Waals surface area contributed by atoms with Gasteiger partial charge in [-0.1, -0.05) is 36.7 Å². The quantitative estimate of drug-likeness (QED) is 0.846. The fourth-order valence-electron chi connectivity index (χ4n) is 2.43. The highest BCUT2D eigenvalue weighted by atomic mass is 35.5. The summed E-state index contributed by atoms with van der Waals surface area (Å²) in [6.07, 6.45) is 1.83. The van der Waals surface area contributed by atoms with Crippen LogP contribution < -0.4 is 0 Å². The maximum atomic E-state index is 12.8. The first-order valence-corrected chi connectivity index (χ1v) is 8.97. The van der Waals surface area contributed by atoms with Crippen molar-refractivity contribution in [1.29, 1.82) is 0 Å². The Morgan fingerprint density at radius 3 is 2.75 bits per heavy atom. The number of aliphatic carboxylic acids is 1. The van der Waals surface area contributed by atoms with Crippen LogP contribution in [0.5, 0.6) is 0 Å². The molecule has 1 heterocycles. The zero-order valence-corrected chi connectivity index (χ0v) is 14.7. The van der Waals surface area contributed by atoms with Crippen LogP contribution in [0.4, 0.5) is 0 Å². The van der Waals surface area contributed by atoms with Gasteiger partial charge in [-0.2, -0.15) is 0 Å². The minimum atomic E-state index is -0.900. The lowest BCUT2D eigenvalue weighted by Crippen LogP contribution is -2.38. The zero-order valence-electron chi connectivity index (χ0n) is 13.1. The number of carboxylic acids is 1. The van der Waals surface area contributed by atoms with Crippen LogP contribution in [0, 0.1) is 5.92 Å². The van der Waals surface area contributed by atoms with Crippen molar-refractivity contribution in [1.82, 2.24) is 9.88 Å². The van der Waals surface area contributed by atoms with E-state index < -0.39 is 11.9 Å². The van der Waals surface area contributed by atoms with Crippen LogP contribution in [0.3, 0.4) is 0 Å². The van der Waals surface area contributed by atoms with Gasteiger partial charge in [0.05, 0.1) is 10.9 Å². The van der Waals surface area contributed by atoms with Gasteiger partial charge in [-0.25, -0.2) is 4.98 Å². The molecule has 5 nitrogen and oxygen atoms in total. The van der Waals surface area contributed by atoms with E-state index in [1.54, 1.807) is 23.3 Å². The van der Waals surface area contributed by atoms with Gasteiger partial charge in [0, 0.05) is 23.5 Å². The molecule has 0 saturated heterocycles. The standard InChI is InChI=1S/C17H17ClN2O3S/c1-10(17(22)23)8-20(11-6-7-11)16(21)14-9-24-15(19-14)12-4-2-3-5-13(12)18/h2-5,9-11H,6-8H2,1H3,(H,22,23). The Bertz CT molecular complexity index is 773. The molecule has 1 aliphatic rings. The molecule has 126 valence electrons. The minimum absolute atomic E-state index is 0.129.